The molecule has 0 spiro atoms. The molecule has 0 aromatic heterocycles. The molecule has 1 unspecified atom stereocenters. The molecule has 1 fully saturated rings. The molecule has 1 amide bonds. The van der Waals surface area contributed by atoms with Crippen LogP contribution in [0.25, 0.3) is 0 Å². The standard InChI is InChI=1S/C13H23NO3/c1-10(2)11-4-5-12(15)14(8-6-11)9-7-13(16)17-3/h10-11H,4-9H2,1-3H3. The molecule has 0 bridgehead atoms. The third-order valence-corrected chi connectivity index (χ3v) is 3.61. The summed E-state index contributed by atoms with van der Waals surface area (Å²) in [4.78, 5) is 24.7. The largest absolute Gasteiger partial charge is 0.469 e. The van der Waals surface area contributed by atoms with E-state index in [1.54, 1.807) is 4.90 Å². The van der Waals surface area contributed by atoms with Gasteiger partial charge in [-0.2, -0.15) is 0 Å². The van der Waals surface area contributed by atoms with E-state index in [9.17, 15) is 9.59 Å². The lowest BCUT2D eigenvalue weighted by atomic mass is 9.89. The van der Waals surface area contributed by atoms with Crippen LogP contribution in [-0.2, 0) is 14.3 Å². The van der Waals surface area contributed by atoms with Gasteiger partial charge in [0.25, 0.3) is 0 Å². The maximum atomic E-state index is 11.9. The van der Waals surface area contributed by atoms with E-state index in [-0.39, 0.29) is 11.9 Å². The van der Waals surface area contributed by atoms with Crippen LogP contribution in [0.5, 0.6) is 0 Å². The molecule has 0 radical (unpaired) electrons. The summed E-state index contributed by atoms with van der Waals surface area (Å²) in [5.41, 5.74) is 0. The first-order chi connectivity index (χ1) is 8.04. The fraction of sp³-hybridized carbons (Fsp3) is 0.846. The van der Waals surface area contributed by atoms with E-state index in [4.69, 9.17) is 0 Å². The topological polar surface area (TPSA) is 46.6 Å². The number of methoxy groups -OCH3 is 1. The second-order valence-electron chi connectivity index (χ2n) is 5.04. The minimum absolute atomic E-state index is 0.178. The van der Waals surface area contributed by atoms with Gasteiger partial charge in [0.05, 0.1) is 13.5 Å². The van der Waals surface area contributed by atoms with Crippen LogP contribution in [0.2, 0.25) is 0 Å². The molecule has 0 aliphatic carbocycles. The maximum absolute atomic E-state index is 11.9. The monoisotopic (exact) mass is 241 g/mol. The predicted molar refractivity (Wildman–Crippen MR) is 65.4 cm³/mol. The summed E-state index contributed by atoms with van der Waals surface area (Å²) < 4.78 is 4.59. The highest BCUT2D eigenvalue weighted by Crippen LogP contribution is 2.25. The van der Waals surface area contributed by atoms with Crippen LogP contribution in [-0.4, -0.2) is 37.0 Å². The van der Waals surface area contributed by atoms with Crippen molar-refractivity contribution in [2.45, 2.75) is 39.5 Å². The summed E-state index contributed by atoms with van der Waals surface area (Å²) in [6.45, 7) is 5.69. The summed E-state index contributed by atoms with van der Waals surface area (Å²) in [5.74, 6) is 1.19. The Morgan fingerprint density at radius 2 is 2.18 bits per heavy atom. The van der Waals surface area contributed by atoms with Gasteiger partial charge in [-0.25, -0.2) is 0 Å². The van der Waals surface area contributed by atoms with Crippen LogP contribution in [0.4, 0.5) is 0 Å². The van der Waals surface area contributed by atoms with Gasteiger partial charge in [-0.15, -0.1) is 0 Å². The summed E-state index contributed by atoms with van der Waals surface area (Å²) >= 11 is 0. The molecule has 0 saturated carbocycles. The first kappa shape index (κ1) is 14.0. The van der Waals surface area contributed by atoms with E-state index in [1.165, 1.54) is 7.11 Å². The van der Waals surface area contributed by atoms with E-state index in [2.05, 4.69) is 18.6 Å². The van der Waals surface area contributed by atoms with E-state index >= 15 is 0 Å². The van der Waals surface area contributed by atoms with Crippen LogP contribution in [0.15, 0.2) is 0 Å². The van der Waals surface area contributed by atoms with Crippen molar-refractivity contribution in [3.8, 4) is 0 Å². The highest BCUT2D eigenvalue weighted by molar-refractivity contribution is 5.77. The molecule has 1 aliphatic rings. The first-order valence-corrected chi connectivity index (χ1v) is 6.39. The Hall–Kier alpha value is -1.06. The molecule has 4 nitrogen and oxygen atoms in total. The minimum Gasteiger partial charge on any atom is -0.469 e. The fourth-order valence-electron chi connectivity index (χ4n) is 2.29. The number of carbonyl (C=O) groups is 2. The van der Waals surface area contributed by atoms with Gasteiger partial charge >= 0.3 is 5.97 Å². The summed E-state index contributed by atoms with van der Waals surface area (Å²) in [7, 11) is 1.38. The SMILES string of the molecule is COC(=O)CCN1CCC(C(C)C)CCC1=O. The van der Waals surface area contributed by atoms with Gasteiger partial charge in [0.2, 0.25) is 5.91 Å². The molecular formula is C13H23NO3. The molecule has 1 saturated heterocycles. The zero-order chi connectivity index (χ0) is 12.8. The van der Waals surface area contributed by atoms with Crippen molar-refractivity contribution in [2.24, 2.45) is 11.8 Å². The highest BCUT2D eigenvalue weighted by Gasteiger charge is 2.24. The van der Waals surface area contributed by atoms with Crippen molar-refractivity contribution in [1.29, 1.82) is 0 Å². The summed E-state index contributed by atoms with van der Waals surface area (Å²) in [6.07, 6.45) is 2.94. The third kappa shape index (κ3) is 4.36. The number of hydrogen-bond acceptors (Lipinski definition) is 3. The van der Waals surface area contributed by atoms with Gasteiger partial charge in [-0.05, 0) is 24.7 Å². The van der Waals surface area contributed by atoms with Gasteiger partial charge in [0.1, 0.15) is 0 Å². The van der Waals surface area contributed by atoms with Gasteiger partial charge in [-0.3, -0.25) is 9.59 Å². The number of carbonyl (C=O) groups excluding carboxylic acids is 2. The number of nitrogens with zero attached hydrogens (tertiary/aromatic N) is 1. The molecule has 98 valence electrons. The Labute approximate surface area is 103 Å². The number of esters is 1. The van der Waals surface area contributed by atoms with Crippen LogP contribution < -0.4 is 0 Å². The van der Waals surface area contributed by atoms with E-state index in [0.29, 0.717) is 31.2 Å². The Balaban J connectivity index is 2.45. The molecule has 17 heavy (non-hydrogen) atoms. The molecule has 1 heterocycles. The molecule has 0 N–H and O–H groups in total. The zero-order valence-corrected chi connectivity index (χ0v) is 11.1. The molecule has 0 aromatic carbocycles. The van der Waals surface area contributed by atoms with Crippen molar-refractivity contribution >= 4 is 11.9 Å². The normalized spacial score (nSPS) is 21.5. The highest BCUT2D eigenvalue weighted by atomic mass is 16.5. The van der Waals surface area contributed by atoms with Gasteiger partial charge in [0.15, 0.2) is 0 Å². The van der Waals surface area contributed by atoms with E-state index in [0.717, 1.165) is 19.4 Å². The molecule has 0 aromatic rings. The lowest BCUT2D eigenvalue weighted by molar-refractivity contribution is -0.141. The molecule has 1 aliphatic heterocycles. The van der Waals surface area contributed by atoms with Crippen molar-refractivity contribution in [1.82, 2.24) is 4.90 Å². The second kappa shape index (κ2) is 6.62. The number of hydrogen-bond donors (Lipinski definition) is 0. The average molecular weight is 241 g/mol. The molecular weight excluding hydrogens is 218 g/mol. The van der Waals surface area contributed by atoms with Crippen molar-refractivity contribution in [3.05, 3.63) is 0 Å². The maximum Gasteiger partial charge on any atom is 0.307 e. The number of likely N-dealkylation sites (tertiary alicyclic amines) is 1. The molecule has 1 rings (SSSR count). The van der Waals surface area contributed by atoms with Gasteiger partial charge in [-0.1, -0.05) is 13.8 Å². The molecule has 4 heteroatoms. The van der Waals surface area contributed by atoms with Crippen LogP contribution in [0.1, 0.15) is 39.5 Å². The fourth-order valence-corrected chi connectivity index (χ4v) is 2.29. The number of ether oxygens (including phenoxy) is 1. The van der Waals surface area contributed by atoms with Gasteiger partial charge in [0, 0.05) is 19.5 Å². The Kier molecular flexibility index (Phi) is 5.45. The van der Waals surface area contributed by atoms with Crippen LogP contribution in [0, 0.1) is 11.8 Å². The van der Waals surface area contributed by atoms with Crippen LogP contribution >= 0.6 is 0 Å². The lowest BCUT2D eigenvalue weighted by Crippen LogP contribution is -2.32. The number of rotatable bonds is 4. The smallest absolute Gasteiger partial charge is 0.307 e. The third-order valence-electron chi connectivity index (χ3n) is 3.61. The Morgan fingerprint density at radius 3 is 2.76 bits per heavy atom. The average Bonchev–Trinajstić information content (AvgIpc) is 2.48. The van der Waals surface area contributed by atoms with Crippen LogP contribution in [0.3, 0.4) is 0 Å². The zero-order valence-electron chi connectivity index (χ0n) is 11.1. The first-order valence-electron chi connectivity index (χ1n) is 6.39. The van der Waals surface area contributed by atoms with Crippen molar-refractivity contribution in [3.63, 3.8) is 0 Å². The van der Waals surface area contributed by atoms with Crippen molar-refractivity contribution in [2.75, 3.05) is 20.2 Å². The van der Waals surface area contributed by atoms with E-state index in [1.807, 2.05) is 0 Å². The predicted octanol–water partition coefficient (Wildman–Crippen LogP) is 1.83. The number of amides is 1. The van der Waals surface area contributed by atoms with Crippen molar-refractivity contribution < 1.29 is 14.3 Å². The Morgan fingerprint density at radius 1 is 1.47 bits per heavy atom. The Bertz CT molecular complexity index is 276. The summed E-state index contributed by atoms with van der Waals surface area (Å²) in [6, 6.07) is 0. The second-order valence-corrected chi connectivity index (χ2v) is 5.04. The quantitative estimate of drug-likeness (QED) is 0.705. The lowest BCUT2D eigenvalue weighted by Gasteiger charge is -2.21. The van der Waals surface area contributed by atoms with Gasteiger partial charge < -0.3 is 9.64 Å². The molecule has 1 atom stereocenters. The minimum atomic E-state index is -0.248. The summed E-state index contributed by atoms with van der Waals surface area (Å²) in [5, 5.41) is 0. The van der Waals surface area contributed by atoms with E-state index < -0.39 is 0 Å².